The second-order valence-corrected chi connectivity index (χ2v) is 8.11. The van der Waals surface area contributed by atoms with Crippen molar-refractivity contribution in [3.63, 3.8) is 0 Å². The van der Waals surface area contributed by atoms with Crippen LogP contribution >= 0.6 is 0 Å². The van der Waals surface area contributed by atoms with Crippen molar-refractivity contribution >= 4 is 11.8 Å². The molecule has 160 valence electrons. The minimum atomic E-state index is -0.259. The topological polar surface area (TPSA) is 52.7 Å². The number of benzene rings is 2. The van der Waals surface area contributed by atoms with Crippen LogP contribution < -0.4 is 5.32 Å². The predicted molar refractivity (Wildman–Crippen MR) is 115 cm³/mol. The summed E-state index contributed by atoms with van der Waals surface area (Å²) in [6, 6.07) is 15.1. The van der Waals surface area contributed by atoms with E-state index >= 15 is 0 Å². The number of hydrogen-bond donors (Lipinski definition) is 1. The first-order valence-electron chi connectivity index (χ1n) is 10.5. The Labute approximate surface area is 177 Å². The van der Waals surface area contributed by atoms with Crippen LogP contribution in [0.2, 0.25) is 0 Å². The molecule has 1 fully saturated rings. The van der Waals surface area contributed by atoms with Gasteiger partial charge in [0.05, 0.1) is 6.54 Å². The van der Waals surface area contributed by atoms with Gasteiger partial charge in [0.2, 0.25) is 11.8 Å². The summed E-state index contributed by atoms with van der Waals surface area (Å²) >= 11 is 0. The number of nitrogens with zero attached hydrogens (tertiary/aromatic N) is 2. The SMILES string of the molecule is Cc1ccc(CNC(=O)C2CCN(C(=O)CN(C)Cc3ccccc3)CC2)cc1F. The molecular formula is C24H30FN3O2. The summed E-state index contributed by atoms with van der Waals surface area (Å²) in [5, 5.41) is 2.90. The van der Waals surface area contributed by atoms with E-state index in [-0.39, 0.29) is 23.5 Å². The van der Waals surface area contributed by atoms with Gasteiger partial charge >= 0.3 is 0 Å². The lowest BCUT2D eigenvalue weighted by molar-refractivity contribution is -0.136. The number of carbonyl (C=O) groups excluding carboxylic acids is 2. The third-order valence-corrected chi connectivity index (χ3v) is 5.62. The van der Waals surface area contributed by atoms with E-state index in [1.54, 1.807) is 13.0 Å². The first-order chi connectivity index (χ1) is 14.4. The van der Waals surface area contributed by atoms with Gasteiger partial charge in [0.25, 0.3) is 0 Å². The van der Waals surface area contributed by atoms with Crippen molar-refractivity contribution in [2.45, 2.75) is 32.9 Å². The number of likely N-dealkylation sites (tertiary alicyclic amines) is 1. The fraction of sp³-hybridized carbons (Fsp3) is 0.417. The zero-order valence-electron chi connectivity index (χ0n) is 17.7. The Hall–Kier alpha value is -2.73. The predicted octanol–water partition coefficient (Wildman–Crippen LogP) is 3.12. The second kappa shape index (κ2) is 10.3. The summed E-state index contributed by atoms with van der Waals surface area (Å²) in [7, 11) is 1.94. The molecule has 0 spiro atoms. The molecule has 0 aromatic heterocycles. The van der Waals surface area contributed by atoms with Gasteiger partial charge in [0, 0.05) is 32.1 Å². The molecule has 0 radical (unpaired) electrons. The van der Waals surface area contributed by atoms with Gasteiger partial charge in [0.15, 0.2) is 0 Å². The first-order valence-corrected chi connectivity index (χ1v) is 10.5. The molecule has 1 aliphatic rings. The van der Waals surface area contributed by atoms with Crippen molar-refractivity contribution in [3.8, 4) is 0 Å². The number of aryl methyl sites for hydroxylation is 1. The number of hydrogen-bond acceptors (Lipinski definition) is 3. The van der Waals surface area contributed by atoms with Crippen molar-refractivity contribution in [3.05, 3.63) is 71.0 Å². The van der Waals surface area contributed by atoms with Crippen molar-refractivity contribution in [1.29, 1.82) is 0 Å². The van der Waals surface area contributed by atoms with Crippen LogP contribution in [0.4, 0.5) is 4.39 Å². The normalized spacial score (nSPS) is 14.7. The van der Waals surface area contributed by atoms with Gasteiger partial charge in [-0.1, -0.05) is 42.5 Å². The summed E-state index contributed by atoms with van der Waals surface area (Å²) < 4.78 is 13.6. The van der Waals surface area contributed by atoms with Crippen LogP contribution in [0, 0.1) is 18.7 Å². The molecule has 0 aliphatic carbocycles. The van der Waals surface area contributed by atoms with E-state index in [2.05, 4.69) is 17.4 Å². The number of halogens is 1. The van der Waals surface area contributed by atoms with Gasteiger partial charge in [-0.3, -0.25) is 14.5 Å². The van der Waals surface area contributed by atoms with Crippen LogP contribution in [-0.2, 0) is 22.7 Å². The molecule has 0 atom stereocenters. The molecule has 2 amide bonds. The molecule has 1 N–H and O–H groups in total. The van der Waals surface area contributed by atoms with E-state index in [1.807, 2.05) is 41.1 Å². The summed E-state index contributed by atoms with van der Waals surface area (Å²) in [5.74, 6) is -0.288. The highest BCUT2D eigenvalue weighted by Crippen LogP contribution is 2.18. The number of piperidine rings is 1. The lowest BCUT2D eigenvalue weighted by atomic mass is 9.95. The van der Waals surface area contributed by atoms with E-state index in [9.17, 15) is 14.0 Å². The van der Waals surface area contributed by atoms with E-state index in [0.717, 1.165) is 12.1 Å². The Balaban J connectivity index is 1.40. The average Bonchev–Trinajstić information content (AvgIpc) is 2.75. The maximum absolute atomic E-state index is 13.6. The summed E-state index contributed by atoms with van der Waals surface area (Å²) in [6.07, 6.45) is 1.31. The molecule has 1 aliphatic heterocycles. The Kier molecular flexibility index (Phi) is 7.57. The van der Waals surface area contributed by atoms with E-state index in [0.29, 0.717) is 44.6 Å². The number of likely N-dealkylation sites (N-methyl/N-ethyl adjacent to an activating group) is 1. The van der Waals surface area contributed by atoms with Crippen LogP contribution in [0.15, 0.2) is 48.5 Å². The zero-order chi connectivity index (χ0) is 21.5. The Morgan fingerprint density at radius 3 is 2.47 bits per heavy atom. The second-order valence-electron chi connectivity index (χ2n) is 8.11. The highest BCUT2D eigenvalue weighted by Gasteiger charge is 2.27. The van der Waals surface area contributed by atoms with Crippen molar-refractivity contribution in [1.82, 2.24) is 15.1 Å². The lowest BCUT2D eigenvalue weighted by Gasteiger charge is -2.32. The van der Waals surface area contributed by atoms with Crippen LogP contribution in [0.25, 0.3) is 0 Å². The molecule has 1 heterocycles. The van der Waals surface area contributed by atoms with Gasteiger partial charge in [-0.2, -0.15) is 0 Å². The molecule has 1 saturated heterocycles. The molecule has 6 heteroatoms. The van der Waals surface area contributed by atoms with Gasteiger partial charge in [-0.05, 0) is 49.6 Å². The first kappa shape index (κ1) is 22.0. The van der Waals surface area contributed by atoms with Crippen molar-refractivity contribution < 1.29 is 14.0 Å². The minimum absolute atomic E-state index is 0.0238. The highest BCUT2D eigenvalue weighted by molar-refractivity contribution is 5.80. The maximum Gasteiger partial charge on any atom is 0.236 e. The molecule has 30 heavy (non-hydrogen) atoms. The molecule has 5 nitrogen and oxygen atoms in total. The average molecular weight is 412 g/mol. The van der Waals surface area contributed by atoms with E-state index < -0.39 is 0 Å². The third-order valence-electron chi connectivity index (χ3n) is 5.62. The number of nitrogens with one attached hydrogen (secondary N) is 1. The van der Waals surface area contributed by atoms with Gasteiger partial charge in [-0.25, -0.2) is 4.39 Å². The summed E-state index contributed by atoms with van der Waals surface area (Å²) in [4.78, 5) is 28.9. The maximum atomic E-state index is 13.6. The number of amides is 2. The monoisotopic (exact) mass is 411 g/mol. The number of rotatable bonds is 7. The van der Waals surface area contributed by atoms with Gasteiger partial charge in [0.1, 0.15) is 5.82 Å². The quantitative estimate of drug-likeness (QED) is 0.762. The highest BCUT2D eigenvalue weighted by atomic mass is 19.1. The third kappa shape index (κ3) is 6.13. The Morgan fingerprint density at radius 1 is 1.10 bits per heavy atom. The fourth-order valence-corrected chi connectivity index (χ4v) is 3.75. The minimum Gasteiger partial charge on any atom is -0.352 e. The molecule has 3 rings (SSSR count). The fourth-order valence-electron chi connectivity index (χ4n) is 3.75. The van der Waals surface area contributed by atoms with Crippen molar-refractivity contribution in [2.75, 3.05) is 26.7 Å². The van der Waals surface area contributed by atoms with Crippen molar-refractivity contribution in [2.24, 2.45) is 5.92 Å². The molecule has 0 bridgehead atoms. The van der Waals surface area contributed by atoms with E-state index in [4.69, 9.17) is 0 Å². The molecular weight excluding hydrogens is 381 g/mol. The number of carbonyl (C=O) groups is 2. The zero-order valence-corrected chi connectivity index (χ0v) is 17.7. The molecule has 0 saturated carbocycles. The molecule has 2 aromatic rings. The van der Waals surface area contributed by atoms with Crippen LogP contribution in [-0.4, -0.2) is 48.3 Å². The standard InChI is InChI=1S/C24H30FN3O2/c1-18-8-9-20(14-22(18)25)15-26-24(30)21-10-12-28(13-11-21)23(29)17-27(2)16-19-6-4-3-5-7-19/h3-9,14,21H,10-13,15-17H2,1-2H3,(H,26,30). The van der Waals surface area contributed by atoms with Crippen LogP contribution in [0.3, 0.4) is 0 Å². The summed E-state index contributed by atoms with van der Waals surface area (Å²) in [5.41, 5.74) is 2.52. The Bertz CT molecular complexity index is 864. The molecule has 2 aromatic carbocycles. The molecule has 0 unspecified atom stereocenters. The summed E-state index contributed by atoms with van der Waals surface area (Å²) in [6.45, 7) is 4.31. The van der Waals surface area contributed by atoms with Crippen LogP contribution in [0.5, 0.6) is 0 Å². The van der Waals surface area contributed by atoms with Gasteiger partial charge in [-0.15, -0.1) is 0 Å². The largest absolute Gasteiger partial charge is 0.352 e. The van der Waals surface area contributed by atoms with E-state index in [1.165, 1.54) is 11.6 Å². The lowest BCUT2D eigenvalue weighted by Crippen LogP contribution is -2.45. The smallest absolute Gasteiger partial charge is 0.236 e. The van der Waals surface area contributed by atoms with Gasteiger partial charge < -0.3 is 10.2 Å². The van der Waals surface area contributed by atoms with Crippen LogP contribution in [0.1, 0.15) is 29.5 Å². The Morgan fingerprint density at radius 2 is 1.80 bits per heavy atom.